The van der Waals surface area contributed by atoms with Gasteiger partial charge in [0.05, 0.1) is 6.61 Å². The Hall–Kier alpha value is -2.90. The summed E-state index contributed by atoms with van der Waals surface area (Å²) < 4.78 is 10.6. The molecular formula is C22H27NO6. The first-order chi connectivity index (χ1) is 13.9. The molecule has 0 spiro atoms. The van der Waals surface area contributed by atoms with E-state index in [9.17, 15) is 19.8 Å². The van der Waals surface area contributed by atoms with Gasteiger partial charge in [-0.3, -0.25) is 0 Å². The number of hydrogen-bond donors (Lipinski definition) is 3. The van der Waals surface area contributed by atoms with Crippen LogP contribution in [0, 0.1) is 5.92 Å². The average Bonchev–Trinajstić information content (AvgIpc) is 2.75. The number of benzene rings is 2. The van der Waals surface area contributed by atoms with Crippen LogP contribution in [0.15, 0.2) is 60.7 Å². The number of carbonyl (C=O) groups excluding carboxylic acids is 2. The third-order valence-electron chi connectivity index (χ3n) is 4.68. The van der Waals surface area contributed by atoms with Crippen LogP contribution in [0.4, 0.5) is 4.79 Å². The molecule has 0 aliphatic rings. The van der Waals surface area contributed by atoms with Crippen LogP contribution in [-0.2, 0) is 27.5 Å². The van der Waals surface area contributed by atoms with Gasteiger partial charge in [-0.25, -0.2) is 9.59 Å². The predicted molar refractivity (Wildman–Crippen MR) is 107 cm³/mol. The molecule has 0 fully saturated rings. The molecule has 156 valence electrons. The minimum absolute atomic E-state index is 0.00483. The van der Waals surface area contributed by atoms with E-state index in [1.54, 1.807) is 50.2 Å². The fourth-order valence-electron chi connectivity index (χ4n) is 2.95. The van der Waals surface area contributed by atoms with E-state index in [0.29, 0.717) is 0 Å². The molecule has 0 aliphatic carbocycles. The lowest BCUT2D eigenvalue weighted by Crippen LogP contribution is -2.66. The van der Waals surface area contributed by atoms with Gasteiger partial charge in [-0.05, 0) is 17.0 Å². The number of esters is 1. The lowest BCUT2D eigenvalue weighted by Gasteiger charge is -2.38. The van der Waals surface area contributed by atoms with Gasteiger partial charge in [0, 0.05) is 0 Å². The third kappa shape index (κ3) is 5.79. The molecule has 3 N–H and O–H groups in total. The minimum Gasteiger partial charge on any atom is -0.459 e. The Labute approximate surface area is 170 Å². The van der Waals surface area contributed by atoms with Crippen molar-refractivity contribution in [2.75, 3.05) is 6.61 Å². The van der Waals surface area contributed by atoms with Crippen molar-refractivity contribution in [1.82, 2.24) is 5.32 Å². The SMILES string of the molecule is CC(C)[C@@](NC(=O)OCc1ccccc1)(C(=O)OCc1ccccc1)[C@@H](O)CO. The van der Waals surface area contributed by atoms with Crippen LogP contribution in [0.3, 0.4) is 0 Å². The van der Waals surface area contributed by atoms with Crippen LogP contribution < -0.4 is 5.32 Å². The van der Waals surface area contributed by atoms with Crippen molar-refractivity contribution in [2.24, 2.45) is 5.92 Å². The van der Waals surface area contributed by atoms with Crippen molar-refractivity contribution in [1.29, 1.82) is 0 Å². The summed E-state index contributed by atoms with van der Waals surface area (Å²) in [4.78, 5) is 25.3. The van der Waals surface area contributed by atoms with E-state index < -0.39 is 36.2 Å². The topological polar surface area (TPSA) is 105 Å². The summed E-state index contributed by atoms with van der Waals surface area (Å²) in [5, 5.41) is 22.4. The second-order valence-electron chi connectivity index (χ2n) is 6.97. The van der Waals surface area contributed by atoms with Crippen LogP contribution in [-0.4, -0.2) is 40.5 Å². The summed E-state index contributed by atoms with van der Waals surface area (Å²) in [5.74, 6) is -1.44. The van der Waals surface area contributed by atoms with Crippen LogP contribution in [0.1, 0.15) is 25.0 Å². The Morgan fingerprint density at radius 3 is 1.86 bits per heavy atom. The van der Waals surface area contributed by atoms with Crippen molar-refractivity contribution < 1.29 is 29.3 Å². The molecule has 2 aromatic rings. The number of rotatable bonds is 9. The van der Waals surface area contributed by atoms with Gasteiger partial charge in [0.15, 0.2) is 5.54 Å². The van der Waals surface area contributed by atoms with Crippen molar-refractivity contribution in [3.63, 3.8) is 0 Å². The van der Waals surface area contributed by atoms with Crippen LogP contribution >= 0.6 is 0 Å². The van der Waals surface area contributed by atoms with Gasteiger partial charge in [-0.15, -0.1) is 0 Å². The molecule has 0 saturated heterocycles. The Morgan fingerprint density at radius 2 is 1.41 bits per heavy atom. The standard InChI is InChI=1S/C22H27NO6/c1-16(2)22(19(25)13-24,20(26)28-14-17-9-5-3-6-10-17)23-21(27)29-15-18-11-7-4-8-12-18/h3-12,16,19,24-25H,13-15H2,1-2H3,(H,23,27)/t19-,22-/m0/s1. The third-order valence-corrected chi connectivity index (χ3v) is 4.68. The maximum atomic E-state index is 12.9. The number of ether oxygens (including phenoxy) is 2. The van der Waals surface area contributed by atoms with Gasteiger partial charge < -0.3 is 25.0 Å². The molecule has 0 radical (unpaired) electrons. The summed E-state index contributed by atoms with van der Waals surface area (Å²) in [6, 6.07) is 18.1. The van der Waals surface area contributed by atoms with E-state index in [1.165, 1.54) is 0 Å². The van der Waals surface area contributed by atoms with E-state index in [-0.39, 0.29) is 13.2 Å². The molecule has 0 unspecified atom stereocenters. The zero-order valence-electron chi connectivity index (χ0n) is 16.6. The van der Waals surface area contributed by atoms with E-state index >= 15 is 0 Å². The Balaban J connectivity index is 2.13. The van der Waals surface area contributed by atoms with Crippen molar-refractivity contribution in [3.05, 3.63) is 71.8 Å². The summed E-state index contributed by atoms with van der Waals surface area (Å²) in [5.41, 5.74) is -0.340. The van der Waals surface area contributed by atoms with Crippen molar-refractivity contribution >= 4 is 12.1 Å². The first-order valence-corrected chi connectivity index (χ1v) is 9.39. The fraction of sp³-hybridized carbons (Fsp3) is 0.364. The summed E-state index contributed by atoms with van der Waals surface area (Å²) >= 11 is 0. The summed E-state index contributed by atoms with van der Waals surface area (Å²) in [6.45, 7) is 2.50. The zero-order chi connectivity index (χ0) is 21.3. The van der Waals surface area contributed by atoms with Gasteiger partial charge in [0.1, 0.15) is 19.3 Å². The van der Waals surface area contributed by atoms with Crippen molar-refractivity contribution in [3.8, 4) is 0 Å². The highest BCUT2D eigenvalue weighted by Crippen LogP contribution is 2.25. The number of hydrogen-bond acceptors (Lipinski definition) is 6. The van der Waals surface area contributed by atoms with Gasteiger partial charge in [-0.2, -0.15) is 0 Å². The molecule has 7 nitrogen and oxygen atoms in total. The fourth-order valence-corrected chi connectivity index (χ4v) is 2.95. The number of amides is 1. The molecule has 7 heteroatoms. The second kappa shape index (κ2) is 10.6. The normalized spacial score (nSPS) is 14.0. The first-order valence-electron chi connectivity index (χ1n) is 9.39. The smallest absolute Gasteiger partial charge is 0.408 e. The molecule has 0 aliphatic heterocycles. The molecule has 2 atom stereocenters. The monoisotopic (exact) mass is 401 g/mol. The van der Waals surface area contributed by atoms with E-state index in [4.69, 9.17) is 9.47 Å². The van der Waals surface area contributed by atoms with Gasteiger partial charge in [-0.1, -0.05) is 74.5 Å². The number of carbonyl (C=O) groups is 2. The maximum Gasteiger partial charge on any atom is 0.408 e. The highest BCUT2D eigenvalue weighted by Gasteiger charge is 2.51. The number of nitrogens with one attached hydrogen (secondary N) is 1. The molecule has 0 heterocycles. The molecule has 0 saturated carbocycles. The molecule has 2 aromatic carbocycles. The lowest BCUT2D eigenvalue weighted by atomic mass is 9.81. The minimum atomic E-state index is -1.86. The number of alkyl carbamates (subject to hydrolysis) is 1. The second-order valence-corrected chi connectivity index (χ2v) is 6.97. The maximum absolute atomic E-state index is 12.9. The quantitative estimate of drug-likeness (QED) is 0.558. The Bertz CT molecular complexity index is 780. The van der Waals surface area contributed by atoms with Crippen LogP contribution in [0.5, 0.6) is 0 Å². The Morgan fingerprint density at radius 1 is 0.931 bits per heavy atom. The largest absolute Gasteiger partial charge is 0.459 e. The van der Waals surface area contributed by atoms with Gasteiger partial charge in [0.25, 0.3) is 0 Å². The van der Waals surface area contributed by atoms with E-state index in [2.05, 4.69) is 5.32 Å². The summed E-state index contributed by atoms with van der Waals surface area (Å²) in [7, 11) is 0. The number of aliphatic hydroxyl groups excluding tert-OH is 2. The van der Waals surface area contributed by atoms with E-state index in [1.807, 2.05) is 24.3 Å². The first kappa shape index (κ1) is 22.4. The van der Waals surface area contributed by atoms with Gasteiger partial charge >= 0.3 is 12.1 Å². The summed E-state index contributed by atoms with van der Waals surface area (Å²) in [6.07, 6.45) is -2.47. The van der Waals surface area contributed by atoms with E-state index in [0.717, 1.165) is 11.1 Å². The van der Waals surface area contributed by atoms with Crippen LogP contribution in [0.2, 0.25) is 0 Å². The molecule has 29 heavy (non-hydrogen) atoms. The molecule has 2 rings (SSSR count). The van der Waals surface area contributed by atoms with Gasteiger partial charge in [0.2, 0.25) is 0 Å². The number of aliphatic hydroxyl groups is 2. The zero-order valence-corrected chi connectivity index (χ0v) is 16.6. The average molecular weight is 401 g/mol. The van der Waals surface area contributed by atoms with Crippen LogP contribution in [0.25, 0.3) is 0 Å². The van der Waals surface area contributed by atoms with Crippen molar-refractivity contribution in [2.45, 2.75) is 38.7 Å². The highest BCUT2D eigenvalue weighted by atomic mass is 16.6. The lowest BCUT2D eigenvalue weighted by molar-refractivity contribution is -0.163. The Kier molecular flexibility index (Phi) is 8.18. The molecular weight excluding hydrogens is 374 g/mol. The predicted octanol–water partition coefficient (Wildman–Crippen LogP) is 2.40. The molecule has 0 bridgehead atoms. The molecule has 1 amide bonds. The molecule has 0 aromatic heterocycles. The highest BCUT2D eigenvalue weighted by molar-refractivity contribution is 5.87.